The summed E-state index contributed by atoms with van der Waals surface area (Å²) >= 11 is 0. The van der Waals surface area contributed by atoms with Crippen LogP contribution in [-0.2, 0) is 0 Å². The fourth-order valence-corrected chi connectivity index (χ4v) is 1.31. The van der Waals surface area contributed by atoms with E-state index in [1.807, 2.05) is 0 Å². The summed E-state index contributed by atoms with van der Waals surface area (Å²) in [6, 6.07) is 0. The molecule has 0 aliphatic heterocycles. The average Bonchev–Trinajstić information content (AvgIpc) is 1.96. The molecule has 0 heterocycles. The zero-order chi connectivity index (χ0) is 9.61. The lowest BCUT2D eigenvalue weighted by molar-refractivity contribution is 0.350. The molecule has 0 aromatic carbocycles. The predicted molar refractivity (Wildman–Crippen MR) is 56.4 cm³/mol. The number of hydrogen-bond acceptors (Lipinski definition) is 1. The van der Waals surface area contributed by atoms with Gasteiger partial charge in [-0.1, -0.05) is 26.7 Å². The summed E-state index contributed by atoms with van der Waals surface area (Å²) in [5.41, 5.74) is 0.279. The van der Waals surface area contributed by atoms with E-state index in [4.69, 9.17) is 0 Å². The van der Waals surface area contributed by atoms with Gasteiger partial charge in [0, 0.05) is 5.54 Å². The molecular formula is C11H25N. The standard InChI is InChI=1S/C11H25N/c1-6-8-10(7-2)9-12-11(3,4)5/h10,12H,6-9H2,1-5H3. The summed E-state index contributed by atoms with van der Waals surface area (Å²) in [7, 11) is 0. The summed E-state index contributed by atoms with van der Waals surface area (Å²) in [6.07, 6.45) is 3.97. The Morgan fingerprint density at radius 2 is 1.75 bits per heavy atom. The molecule has 0 amide bonds. The van der Waals surface area contributed by atoms with Crippen LogP contribution in [0.15, 0.2) is 0 Å². The SMILES string of the molecule is CCCC(CC)CNC(C)(C)C. The lowest BCUT2D eigenvalue weighted by Gasteiger charge is -2.24. The predicted octanol–water partition coefficient (Wildman–Crippen LogP) is 3.20. The molecule has 1 nitrogen and oxygen atoms in total. The second kappa shape index (κ2) is 5.58. The summed E-state index contributed by atoms with van der Waals surface area (Å²) in [4.78, 5) is 0. The molecule has 74 valence electrons. The monoisotopic (exact) mass is 171 g/mol. The van der Waals surface area contributed by atoms with Crippen LogP contribution in [0.25, 0.3) is 0 Å². The molecule has 0 radical (unpaired) electrons. The maximum atomic E-state index is 3.56. The smallest absolute Gasteiger partial charge is 0.00966 e. The highest BCUT2D eigenvalue weighted by atomic mass is 14.9. The quantitative estimate of drug-likeness (QED) is 0.670. The molecule has 1 atom stereocenters. The number of hydrogen-bond donors (Lipinski definition) is 1. The van der Waals surface area contributed by atoms with E-state index in [2.05, 4.69) is 39.9 Å². The molecule has 0 aliphatic rings. The van der Waals surface area contributed by atoms with Crippen molar-refractivity contribution >= 4 is 0 Å². The maximum Gasteiger partial charge on any atom is 0.00966 e. The molecule has 0 aromatic heterocycles. The van der Waals surface area contributed by atoms with E-state index in [0.29, 0.717) is 0 Å². The van der Waals surface area contributed by atoms with E-state index in [1.54, 1.807) is 0 Å². The van der Waals surface area contributed by atoms with Gasteiger partial charge in [-0.05, 0) is 39.7 Å². The van der Waals surface area contributed by atoms with Crippen molar-refractivity contribution in [2.75, 3.05) is 6.54 Å². The largest absolute Gasteiger partial charge is 0.312 e. The highest BCUT2D eigenvalue weighted by Gasteiger charge is 2.11. The van der Waals surface area contributed by atoms with E-state index < -0.39 is 0 Å². The van der Waals surface area contributed by atoms with Crippen molar-refractivity contribution in [3.05, 3.63) is 0 Å². The van der Waals surface area contributed by atoms with Gasteiger partial charge in [0.2, 0.25) is 0 Å². The van der Waals surface area contributed by atoms with Crippen molar-refractivity contribution in [1.82, 2.24) is 5.32 Å². The molecule has 0 aliphatic carbocycles. The second-order valence-electron chi connectivity index (χ2n) is 4.69. The molecule has 0 bridgehead atoms. The van der Waals surface area contributed by atoms with Gasteiger partial charge in [-0.15, -0.1) is 0 Å². The third kappa shape index (κ3) is 6.66. The Morgan fingerprint density at radius 3 is 2.08 bits per heavy atom. The van der Waals surface area contributed by atoms with E-state index in [1.165, 1.54) is 25.8 Å². The Morgan fingerprint density at radius 1 is 1.17 bits per heavy atom. The maximum absolute atomic E-state index is 3.56. The molecule has 1 unspecified atom stereocenters. The van der Waals surface area contributed by atoms with Gasteiger partial charge in [-0.25, -0.2) is 0 Å². The van der Waals surface area contributed by atoms with Crippen molar-refractivity contribution in [3.8, 4) is 0 Å². The fraction of sp³-hybridized carbons (Fsp3) is 1.00. The van der Waals surface area contributed by atoms with Crippen LogP contribution in [0.1, 0.15) is 53.9 Å². The molecule has 0 rings (SSSR count). The minimum atomic E-state index is 0.279. The second-order valence-corrected chi connectivity index (χ2v) is 4.69. The van der Waals surface area contributed by atoms with Crippen LogP contribution < -0.4 is 5.32 Å². The lowest BCUT2D eigenvalue weighted by atomic mass is 9.99. The van der Waals surface area contributed by atoms with Crippen molar-refractivity contribution in [1.29, 1.82) is 0 Å². The van der Waals surface area contributed by atoms with Crippen LogP contribution >= 0.6 is 0 Å². The van der Waals surface area contributed by atoms with Crippen LogP contribution in [0, 0.1) is 5.92 Å². The summed E-state index contributed by atoms with van der Waals surface area (Å²) < 4.78 is 0. The summed E-state index contributed by atoms with van der Waals surface area (Å²) in [5.74, 6) is 0.870. The molecule has 0 spiro atoms. The van der Waals surface area contributed by atoms with Gasteiger partial charge in [0.1, 0.15) is 0 Å². The van der Waals surface area contributed by atoms with Gasteiger partial charge in [-0.2, -0.15) is 0 Å². The first kappa shape index (κ1) is 12.0. The molecule has 1 heteroatoms. The minimum absolute atomic E-state index is 0.279. The average molecular weight is 171 g/mol. The Kier molecular flexibility index (Phi) is 5.56. The molecule has 0 saturated carbocycles. The Balaban J connectivity index is 3.58. The Labute approximate surface area is 77.9 Å². The van der Waals surface area contributed by atoms with E-state index in [0.717, 1.165) is 5.92 Å². The molecule has 1 N–H and O–H groups in total. The lowest BCUT2D eigenvalue weighted by Crippen LogP contribution is -2.39. The van der Waals surface area contributed by atoms with Crippen LogP contribution in [0.2, 0.25) is 0 Å². The van der Waals surface area contributed by atoms with Crippen LogP contribution in [0.3, 0.4) is 0 Å². The first-order chi connectivity index (χ1) is 5.49. The van der Waals surface area contributed by atoms with Crippen molar-refractivity contribution in [3.63, 3.8) is 0 Å². The van der Waals surface area contributed by atoms with Crippen LogP contribution in [0.5, 0.6) is 0 Å². The normalized spacial score (nSPS) is 14.8. The van der Waals surface area contributed by atoms with Gasteiger partial charge in [0.05, 0.1) is 0 Å². The molecule has 0 aromatic rings. The summed E-state index contributed by atoms with van der Waals surface area (Å²) in [6.45, 7) is 12.4. The van der Waals surface area contributed by atoms with E-state index in [-0.39, 0.29) is 5.54 Å². The third-order valence-corrected chi connectivity index (χ3v) is 2.20. The van der Waals surface area contributed by atoms with Gasteiger partial charge < -0.3 is 5.32 Å². The highest BCUT2D eigenvalue weighted by molar-refractivity contribution is 4.72. The van der Waals surface area contributed by atoms with Crippen molar-refractivity contribution in [2.45, 2.75) is 59.4 Å². The molecular weight excluding hydrogens is 146 g/mol. The van der Waals surface area contributed by atoms with Gasteiger partial charge in [0.15, 0.2) is 0 Å². The van der Waals surface area contributed by atoms with Crippen LogP contribution in [0.4, 0.5) is 0 Å². The number of rotatable bonds is 5. The minimum Gasteiger partial charge on any atom is -0.312 e. The van der Waals surface area contributed by atoms with Crippen molar-refractivity contribution < 1.29 is 0 Å². The van der Waals surface area contributed by atoms with E-state index in [9.17, 15) is 0 Å². The van der Waals surface area contributed by atoms with Gasteiger partial charge in [-0.3, -0.25) is 0 Å². The Hall–Kier alpha value is -0.0400. The zero-order valence-corrected chi connectivity index (χ0v) is 9.41. The third-order valence-electron chi connectivity index (χ3n) is 2.20. The molecule has 0 fully saturated rings. The molecule has 0 saturated heterocycles. The van der Waals surface area contributed by atoms with Gasteiger partial charge >= 0.3 is 0 Å². The summed E-state index contributed by atoms with van der Waals surface area (Å²) in [5, 5.41) is 3.56. The topological polar surface area (TPSA) is 12.0 Å². The van der Waals surface area contributed by atoms with Crippen LogP contribution in [-0.4, -0.2) is 12.1 Å². The first-order valence-corrected chi connectivity index (χ1v) is 5.24. The van der Waals surface area contributed by atoms with Gasteiger partial charge in [0.25, 0.3) is 0 Å². The first-order valence-electron chi connectivity index (χ1n) is 5.24. The Bertz CT molecular complexity index is 102. The highest BCUT2D eigenvalue weighted by Crippen LogP contribution is 2.10. The zero-order valence-electron chi connectivity index (χ0n) is 9.41. The van der Waals surface area contributed by atoms with E-state index >= 15 is 0 Å². The van der Waals surface area contributed by atoms with Crippen molar-refractivity contribution in [2.24, 2.45) is 5.92 Å². The molecule has 12 heavy (non-hydrogen) atoms. The fourth-order valence-electron chi connectivity index (χ4n) is 1.31. The number of nitrogens with one attached hydrogen (secondary N) is 1.